The van der Waals surface area contributed by atoms with Crippen LogP contribution in [0.5, 0.6) is 0 Å². The molecule has 1 amide bonds. The molecular weight excluding hydrogens is 380 g/mol. The molecule has 1 unspecified atom stereocenters. The van der Waals surface area contributed by atoms with Gasteiger partial charge in [0.25, 0.3) is 6.47 Å². The van der Waals surface area contributed by atoms with E-state index in [1.54, 1.807) is 4.90 Å². The third kappa shape index (κ3) is 8.15. The minimum atomic E-state index is -0.755. The minimum Gasteiger partial charge on any atom is -0.467 e. The van der Waals surface area contributed by atoms with Crippen molar-refractivity contribution in [1.82, 2.24) is 20.4 Å². The van der Waals surface area contributed by atoms with E-state index in [0.29, 0.717) is 38.9 Å². The first-order valence-corrected chi connectivity index (χ1v) is 10.3. The highest BCUT2D eigenvalue weighted by molar-refractivity contribution is 5.69. The molecule has 166 valence electrons. The fourth-order valence-corrected chi connectivity index (χ4v) is 3.29. The molecule has 0 aliphatic carbocycles. The van der Waals surface area contributed by atoms with Gasteiger partial charge in [-0.1, -0.05) is 6.92 Å². The van der Waals surface area contributed by atoms with Gasteiger partial charge in [-0.3, -0.25) is 9.59 Å². The van der Waals surface area contributed by atoms with E-state index in [4.69, 9.17) is 14.2 Å². The van der Waals surface area contributed by atoms with Crippen molar-refractivity contribution in [2.75, 3.05) is 78.7 Å². The fraction of sp³-hybridized carbons (Fsp3) is 0.842. The standard InChI is InChI=1S/C19H34N4O6/c1-2-19(13-27-16-24,15-29-18(26)23-11-6-21-7-12-23)14-28-17(25)3-8-22-9-4-20-5-10-22/h16,20-21H,2-15H2,1H3. The molecule has 0 aromatic heterocycles. The van der Waals surface area contributed by atoms with Crippen molar-refractivity contribution in [3.8, 4) is 0 Å². The SMILES string of the molecule is CCC(COC=O)(COC(=O)CCN1CCNCC1)COC(=O)N1CCNCC1. The van der Waals surface area contributed by atoms with Crippen LogP contribution in [0.3, 0.4) is 0 Å². The molecule has 29 heavy (non-hydrogen) atoms. The molecule has 2 heterocycles. The average Bonchev–Trinajstić information content (AvgIpc) is 2.78. The number of piperazine rings is 2. The van der Waals surface area contributed by atoms with Crippen LogP contribution in [0.4, 0.5) is 4.79 Å². The second-order valence-electron chi connectivity index (χ2n) is 7.55. The van der Waals surface area contributed by atoms with E-state index >= 15 is 0 Å². The predicted molar refractivity (Wildman–Crippen MR) is 105 cm³/mol. The molecule has 2 aliphatic rings. The second-order valence-corrected chi connectivity index (χ2v) is 7.55. The molecule has 0 aromatic carbocycles. The van der Waals surface area contributed by atoms with Crippen LogP contribution < -0.4 is 10.6 Å². The summed E-state index contributed by atoms with van der Waals surface area (Å²) in [5, 5.41) is 6.45. The van der Waals surface area contributed by atoms with Crippen molar-refractivity contribution in [3.05, 3.63) is 0 Å². The molecule has 2 N–H and O–H groups in total. The molecular formula is C19H34N4O6. The first-order valence-electron chi connectivity index (χ1n) is 10.3. The van der Waals surface area contributed by atoms with E-state index in [1.807, 2.05) is 6.92 Å². The highest BCUT2D eigenvalue weighted by Crippen LogP contribution is 2.24. The summed E-state index contributed by atoms with van der Waals surface area (Å²) in [4.78, 5) is 39.1. The van der Waals surface area contributed by atoms with E-state index in [2.05, 4.69) is 15.5 Å². The van der Waals surface area contributed by atoms with Gasteiger partial charge in [0, 0.05) is 58.9 Å². The van der Waals surface area contributed by atoms with Gasteiger partial charge in [0.1, 0.15) is 19.8 Å². The molecule has 0 bridgehead atoms. The average molecular weight is 415 g/mol. The van der Waals surface area contributed by atoms with Gasteiger partial charge in [0.05, 0.1) is 11.8 Å². The number of nitrogens with one attached hydrogen (secondary N) is 2. The van der Waals surface area contributed by atoms with Crippen molar-refractivity contribution < 1.29 is 28.6 Å². The summed E-state index contributed by atoms with van der Waals surface area (Å²) in [6.07, 6.45) is 0.427. The number of carbonyl (C=O) groups excluding carboxylic acids is 3. The van der Waals surface area contributed by atoms with Gasteiger partial charge < -0.3 is 34.6 Å². The number of nitrogens with zero attached hydrogens (tertiary/aromatic N) is 2. The van der Waals surface area contributed by atoms with Gasteiger partial charge in [0.2, 0.25) is 0 Å². The van der Waals surface area contributed by atoms with Gasteiger partial charge in [-0.05, 0) is 6.42 Å². The van der Waals surface area contributed by atoms with Crippen molar-refractivity contribution in [3.63, 3.8) is 0 Å². The maximum absolute atomic E-state index is 12.3. The van der Waals surface area contributed by atoms with Crippen molar-refractivity contribution in [1.29, 1.82) is 0 Å². The second kappa shape index (κ2) is 12.6. The van der Waals surface area contributed by atoms with Gasteiger partial charge in [-0.25, -0.2) is 4.79 Å². The first-order chi connectivity index (χ1) is 14.1. The van der Waals surface area contributed by atoms with Gasteiger partial charge in [-0.2, -0.15) is 0 Å². The smallest absolute Gasteiger partial charge is 0.409 e. The lowest BCUT2D eigenvalue weighted by Crippen LogP contribution is -2.48. The molecule has 2 aliphatic heterocycles. The van der Waals surface area contributed by atoms with E-state index in [-0.39, 0.29) is 25.8 Å². The van der Waals surface area contributed by atoms with Crippen LogP contribution in [0.2, 0.25) is 0 Å². The highest BCUT2D eigenvalue weighted by atomic mass is 16.6. The van der Waals surface area contributed by atoms with Gasteiger partial charge in [0.15, 0.2) is 0 Å². The number of ether oxygens (including phenoxy) is 3. The van der Waals surface area contributed by atoms with Gasteiger partial charge >= 0.3 is 12.1 Å². The molecule has 0 aromatic rings. The molecule has 10 nitrogen and oxygen atoms in total. The number of hydrogen-bond donors (Lipinski definition) is 2. The summed E-state index contributed by atoms with van der Waals surface area (Å²) in [6.45, 7) is 9.30. The Morgan fingerprint density at radius 3 is 2.21 bits per heavy atom. The van der Waals surface area contributed by atoms with Gasteiger partial charge in [-0.15, -0.1) is 0 Å². The quantitative estimate of drug-likeness (QED) is 0.261. The highest BCUT2D eigenvalue weighted by Gasteiger charge is 2.34. The Morgan fingerprint density at radius 2 is 1.59 bits per heavy atom. The Hall–Kier alpha value is -1.91. The summed E-state index contributed by atoms with van der Waals surface area (Å²) in [7, 11) is 0. The molecule has 2 rings (SSSR count). The Bertz CT molecular complexity index is 523. The lowest BCUT2D eigenvalue weighted by molar-refractivity contribution is -0.152. The predicted octanol–water partition coefficient (Wildman–Crippen LogP) is -0.564. The number of rotatable bonds is 11. The molecule has 2 fully saturated rings. The normalized spacial score (nSPS) is 19.8. The van der Waals surface area contributed by atoms with E-state index in [1.165, 1.54) is 0 Å². The summed E-state index contributed by atoms with van der Waals surface area (Å²) in [6, 6.07) is 0. The first kappa shape index (κ1) is 23.4. The van der Waals surface area contributed by atoms with Crippen LogP contribution in [0.15, 0.2) is 0 Å². The Morgan fingerprint density at radius 1 is 0.966 bits per heavy atom. The largest absolute Gasteiger partial charge is 0.467 e. The molecule has 0 radical (unpaired) electrons. The Kier molecular flexibility index (Phi) is 10.2. The lowest BCUT2D eigenvalue weighted by Gasteiger charge is -2.33. The third-order valence-electron chi connectivity index (χ3n) is 5.47. The van der Waals surface area contributed by atoms with Crippen LogP contribution in [0.1, 0.15) is 19.8 Å². The maximum atomic E-state index is 12.3. The zero-order valence-corrected chi connectivity index (χ0v) is 17.3. The fourth-order valence-electron chi connectivity index (χ4n) is 3.29. The van der Waals surface area contributed by atoms with E-state index in [9.17, 15) is 14.4 Å². The zero-order chi connectivity index (χ0) is 21.0. The number of carbonyl (C=O) groups is 3. The van der Waals surface area contributed by atoms with Crippen molar-refractivity contribution in [2.24, 2.45) is 5.41 Å². The number of esters is 1. The Balaban J connectivity index is 1.81. The molecule has 2 saturated heterocycles. The monoisotopic (exact) mass is 414 g/mol. The number of hydrogen-bond acceptors (Lipinski definition) is 9. The summed E-state index contributed by atoms with van der Waals surface area (Å²) >= 11 is 0. The van der Waals surface area contributed by atoms with Crippen LogP contribution >= 0.6 is 0 Å². The summed E-state index contributed by atoms with van der Waals surface area (Å²) in [5.41, 5.74) is -0.755. The Labute approximate surface area is 172 Å². The molecule has 0 spiro atoms. The van der Waals surface area contributed by atoms with Crippen LogP contribution in [0, 0.1) is 5.41 Å². The van der Waals surface area contributed by atoms with E-state index in [0.717, 1.165) is 39.3 Å². The van der Waals surface area contributed by atoms with Crippen LogP contribution in [0.25, 0.3) is 0 Å². The molecule has 0 saturated carbocycles. The van der Waals surface area contributed by atoms with Crippen LogP contribution in [-0.4, -0.2) is 107 Å². The van der Waals surface area contributed by atoms with Crippen molar-refractivity contribution >= 4 is 18.5 Å². The maximum Gasteiger partial charge on any atom is 0.409 e. The molecule has 1 atom stereocenters. The third-order valence-corrected chi connectivity index (χ3v) is 5.47. The lowest BCUT2D eigenvalue weighted by atomic mass is 9.88. The minimum absolute atomic E-state index is 0.0190. The van der Waals surface area contributed by atoms with E-state index < -0.39 is 11.5 Å². The van der Waals surface area contributed by atoms with Crippen molar-refractivity contribution in [2.45, 2.75) is 19.8 Å². The molecule has 10 heteroatoms. The topological polar surface area (TPSA) is 109 Å². The summed E-state index contributed by atoms with van der Waals surface area (Å²) in [5.74, 6) is -0.305. The summed E-state index contributed by atoms with van der Waals surface area (Å²) < 4.78 is 15.9. The van der Waals surface area contributed by atoms with Crippen LogP contribution in [-0.2, 0) is 23.8 Å². The zero-order valence-electron chi connectivity index (χ0n) is 17.3. The number of amides is 1.